The lowest BCUT2D eigenvalue weighted by Gasteiger charge is -2.32. The molecule has 1 aliphatic rings. The third kappa shape index (κ3) is 4.14. The van der Waals surface area contributed by atoms with Crippen LogP contribution in [0.15, 0.2) is 72.9 Å². The Balaban J connectivity index is 1.38. The van der Waals surface area contributed by atoms with Gasteiger partial charge in [-0.1, -0.05) is 54.1 Å². The summed E-state index contributed by atoms with van der Waals surface area (Å²) in [5.41, 5.74) is 4.99. The SMILES string of the molecule is Clc1ccc(C2CCN(Cc3ccnc(-c4ccccc4)c3)CC2)cc1. The summed E-state index contributed by atoms with van der Waals surface area (Å²) in [4.78, 5) is 7.08. The van der Waals surface area contributed by atoms with Crippen molar-refractivity contribution in [2.45, 2.75) is 25.3 Å². The van der Waals surface area contributed by atoms with E-state index in [-0.39, 0.29) is 0 Å². The van der Waals surface area contributed by atoms with E-state index in [0.29, 0.717) is 5.92 Å². The van der Waals surface area contributed by atoms with E-state index in [9.17, 15) is 0 Å². The van der Waals surface area contributed by atoms with Crippen LogP contribution in [0.3, 0.4) is 0 Å². The summed E-state index contributed by atoms with van der Waals surface area (Å²) in [6.07, 6.45) is 4.34. The van der Waals surface area contributed by atoms with Crippen molar-refractivity contribution in [3.05, 3.63) is 89.1 Å². The van der Waals surface area contributed by atoms with Crippen LogP contribution in [0.25, 0.3) is 11.3 Å². The van der Waals surface area contributed by atoms with Gasteiger partial charge in [0.15, 0.2) is 0 Å². The number of piperidine rings is 1. The minimum absolute atomic E-state index is 0.654. The van der Waals surface area contributed by atoms with Crippen LogP contribution in [0.1, 0.15) is 29.9 Å². The molecule has 1 fully saturated rings. The van der Waals surface area contributed by atoms with Gasteiger partial charge in [0.25, 0.3) is 0 Å². The van der Waals surface area contributed by atoms with Crippen LogP contribution in [0.2, 0.25) is 5.02 Å². The van der Waals surface area contributed by atoms with E-state index in [1.807, 2.05) is 24.4 Å². The molecule has 0 radical (unpaired) electrons. The fourth-order valence-corrected chi connectivity index (χ4v) is 3.88. The Morgan fingerprint density at radius 3 is 2.38 bits per heavy atom. The second kappa shape index (κ2) is 8.03. The van der Waals surface area contributed by atoms with Crippen molar-refractivity contribution in [1.29, 1.82) is 0 Å². The maximum absolute atomic E-state index is 6.01. The third-order valence-electron chi connectivity index (χ3n) is 5.23. The lowest BCUT2D eigenvalue weighted by molar-refractivity contribution is 0.204. The monoisotopic (exact) mass is 362 g/mol. The van der Waals surface area contributed by atoms with Crippen molar-refractivity contribution < 1.29 is 0 Å². The van der Waals surface area contributed by atoms with Gasteiger partial charge in [0.2, 0.25) is 0 Å². The zero-order valence-corrected chi connectivity index (χ0v) is 15.6. The minimum atomic E-state index is 0.654. The van der Waals surface area contributed by atoms with Gasteiger partial charge in [0, 0.05) is 23.3 Å². The fourth-order valence-electron chi connectivity index (χ4n) is 3.76. The first kappa shape index (κ1) is 17.3. The molecular formula is C23H23ClN2. The Labute approximate surface area is 160 Å². The summed E-state index contributed by atoms with van der Waals surface area (Å²) < 4.78 is 0. The predicted octanol–water partition coefficient (Wildman–Crippen LogP) is 5.78. The lowest BCUT2D eigenvalue weighted by Crippen LogP contribution is -2.32. The molecule has 1 aliphatic heterocycles. The van der Waals surface area contributed by atoms with Crippen LogP contribution in [0, 0.1) is 0 Å². The smallest absolute Gasteiger partial charge is 0.0705 e. The second-order valence-corrected chi connectivity index (χ2v) is 7.45. The van der Waals surface area contributed by atoms with Gasteiger partial charge in [0.1, 0.15) is 0 Å². The highest BCUT2D eigenvalue weighted by Crippen LogP contribution is 2.29. The first-order chi connectivity index (χ1) is 12.8. The van der Waals surface area contributed by atoms with Gasteiger partial charge in [-0.3, -0.25) is 9.88 Å². The Kier molecular flexibility index (Phi) is 5.33. The number of benzene rings is 2. The number of hydrogen-bond acceptors (Lipinski definition) is 2. The molecule has 1 saturated heterocycles. The highest BCUT2D eigenvalue weighted by Gasteiger charge is 2.20. The minimum Gasteiger partial charge on any atom is -0.299 e. The number of halogens is 1. The van der Waals surface area contributed by atoms with Crippen LogP contribution in [-0.4, -0.2) is 23.0 Å². The van der Waals surface area contributed by atoms with Crippen LogP contribution in [0.4, 0.5) is 0 Å². The normalized spacial score (nSPS) is 15.9. The Hall–Kier alpha value is -2.16. The topological polar surface area (TPSA) is 16.1 Å². The van der Waals surface area contributed by atoms with Gasteiger partial charge in [-0.2, -0.15) is 0 Å². The van der Waals surface area contributed by atoms with Crippen LogP contribution < -0.4 is 0 Å². The summed E-state index contributed by atoms with van der Waals surface area (Å²) in [5, 5.41) is 0.818. The zero-order valence-electron chi connectivity index (χ0n) is 14.8. The van der Waals surface area contributed by atoms with Gasteiger partial charge >= 0.3 is 0 Å². The lowest BCUT2D eigenvalue weighted by atomic mass is 9.89. The maximum Gasteiger partial charge on any atom is 0.0705 e. The molecule has 132 valence electrons. The molecule has 3 aromatic rings. The molecule has 0 saturated carbocycles. The van der Waals surface area contributed by atoms with Crippen LogP contribution >= 0.6 is 11.6 Å². The van der Waals surface area contributed by atoms with E-state index in [1.165, 1.54) is 29.5 Å². The van der Waals surface area contributed by atoms with Crippen molar-refractivity contribution >= 4 is 11.6 Å². The van der Waals surface area contributed by atoms with Crippen molar-refractivity contribution in [2.75, 3.05) is 13.1 Å². The highest BCUT2D eigenvalue weighted by atomic mass is 35.5. The number of likely N-dealkylation sites (tertiary alicyclic amines) is 1. The average molecular weight is 363 g/mol. The standard InChI is InChI=1S/C23H23ClN2/c24-22-8-6-19(7-9-22)20-11-14-26(15-12-20)17-18-10-13-25-23(16-18)21-4-2-1-3-5-21/h1-10,13,16,20H,11-12,14-15,17H2. The van der Waals surface area contributed by atoms with Crippen molar-refractivity contribution in [2.24, 2.45) is 0 Å². The van der Waals surface area contributed by atoms with Gasteiger partial charge < -0.3 is 0 Å². The molecule has 0 aliphatic carbocycles. The third-order valence-corrected chi connectivity index (χ3v) is 5.48. The van der Waals surface area contributed by atoms with E-state index in [4.69, 9.17) is 11.6 Å². The van der Waals surface area contributed by atoms with Gasteiger partial charge in [-0.25, -0.2) is 0 Å². The molecule has 0 unspecified atom stereocenters. The van der Waals surface area contributed by atoms with Crippen LogP contribution in [-0.2, 0) is 6.54 Å². The summed E-state index contributed by atoms with van der Waals surface area (Å²) in [6.45, 7) is 3.27. The summed E-state index contributed by atoms with van der Waals surface area (Å²) >= 11 is 6.01. The Morgan fingerprint density at radius 2 is 1.65 bits per heavy atom. The molecule has 0 N–H and O–H groups in total. The number of nitrogens with zero attached hydrogens (tertiary/aromatic N) is 2. The molecule has 2 aromatic carbocycles. The molecule has 0 spiro atoms. The first-order valence-corrected chi connectivity index (χ1v) is 9.64. The molecule has 3 heteroatoms. The Morgan fingerprint density at radius 1 is 0.923 bits per heavy atom. The fraction of sp³-hybridized carbons (Fsp3) is 0.261. The quantitative estimate of drug-likeness (QED) is 0.584. The Bertz CT molecular complexity index is 838. The second-order valence-electron chi connectivity index (χ2n) is 7.02. The van der Waals surface area contributed by atoms with E-state index < -0.39 is 0 Å². The highest BCUT2D eigenvalue weighted by molar-refractivity contribution is 6.30. The summed E-state index contributed by atoms with van der Waals surface area (Å²) in [7, 11) is 0. The van der Waals surface area contributed by atoms with E-state index in [2.05, 4.69) is 58.4 Å². The first-order valence-electron chi connectivity index (χ1n) is 9.26. The molecule has 1 aromatic heterocycles. The molecule has 2 heterocycles. The zero-order chi connectivity index (χ0) is 17.8. The molecule has 0 atom stereocenters. The number of rotatable bonds is 4. The summed E-state index contributed by atoms with van der Waals surface area (Å²) in [6, 6.07) is 23.1. The molecule has 0 amide bonds. The predicted molar refractivity (Wildman–Crippen MR) is 108 cm³/mol. The largest absolute Gasteiger partial charge is 0.299 e. The number of pyridine rings is 1. The average Bonchev–Trinajstić information content (AvgIpc) is 2.70. The van der Waals surface area contributed by atoms with Crippen molar-refractivity contribution in [3.8, 4) is 11.3 Å². The summed E-state index contributed by atoms with van der Waals surface area (Å²) in [5.74, 6) is 0.654. The number of hydrogen-bond donors (Lipinski definition) is 0. The molecule has 4 rings (SSSR count). The molecular weight excluding hydrogens is 340 g/mol. The van der Waals surface area contributed by atoms with Gasteiger partial charge in [-0.15, -0.1) is 0 Å². The maximum atomic E-state index is 6.01. The molecule has 2 nitrogen and oxygen atoms in total. The van der Waals surface area contributed by atoms with Crippen LogP contribution in [0.5, 0.6) is 0 Å². The molecule has 0 bridgehead atoms. The van der Waals surface area contributed by atoms with E-state index in [0.717, 1.165) is 30.4 Å². The van der Waals surface area contributed by atoms with E-state index >= 15 is 0 Å². The van der Waals surface area contributed by atoms with Crippen molar-refractivity contribution in [1.82, 2.24) is 9.88 Å². The number of aromatic nitrogens is 1. The molecule has 26 heavy (non-hydrogen) atoms. The van der Waals surface area contributed by atoms with Gasteiger partial charge in [-0.05, 0) is 67.2 Å². The van der Waals surface area contributed by atoms with E-state index in [1.54, 1.807) is 0 Å². The van der Waals surface area contributed by atoms with Crippen molar-refractivity contribution in [3.63, 3.8) is 0 Å². The van der Waals surface area contributed by atoms with Gasteiger partial charge in [0.05, 0.1) is 5.69 Å².